The standard InChI is InChI=1S/C15H25N5O3/c1-4-10-23-15(22)19-13(11-12(2)3)14(21)17-8-6-5-7-9-18-20-16/h4,6,8,12-13H,1,5,7,9-11H2,2-3H3,(H,17,21)(H,19,22)/b8-6+/t13-/m1/s1. The smallest absolute Gasteiger partial charge is 0.408 e. The zero-order chi connectivity index (χ0) is 17.5. The molecule has 2 amide bonds. The fraction of sp³-hybridized carbons (Fsp3) is 0.600. The highest BCUT2D eigenvalue weighted by molar-refractivity contribution is 5.86. The van der Waals surface area contributed by atoms with Gasteiger partial charge in [-0.2, -0.15) is 0 Å². The van der Waals surface area contributed by atoms with Crippen LogP contribution >= 0.6 is 0 Å². The van der Waals surface area contributed by atoms with E-state index < -0.39 is 12.1 Å². The number of nitrogens with one attached hydrogen (secondary N) is 2. The van der Waals surface area contributed by atoms with Gasteiger partial charge in [0, 0.05) is 11.5 Å². The van der Waals surface area contributed by atoms with Crippen molar-refractivity contribution in [2.75, 3.05) is 13.2 Å². The number of carbonyl (C=O) groups excluding carboxylic acids is 2. The van der Waals surface area contributed by atoms with Crippen LogP contribution in [0.5, 0.6) is 0 Å². The van der Waals surface area contributed by atoms with Crippen LogP contribution in [0.4, 0.5) is 4.79 Å². The highest BCUT2D eigenvalue weighted by atomic mass is 16.5. The Bertz CT molecular complexity index is 456. The van der Waals surface area contributed by atoms with Gasteiger partial charge in [0.05, 0.1) is 0 Å². The summed E-state index contributed by atoms with van der Waals surface area (Å²) in [7, 11) is 0. The van der Waals surface area contributed by atoms with Crippen molar-refractivity contribution in [3.05, 3.63) is 35.4 Å². The number of alkyl carbamates (subject to hydrolysis) is 1. The van der Waals surface area contributed by atoms with E-state index in [0.717, 1.165) is 0 Å². The van der Waals surface area contributed by atoms with E-state index in [0.29, 0.717) is 25.8 Å². The Labute approximate surface area is 136 Å². The Kier molecular flexibility index (Phi) is 11.8. The van der Waals surface area contributed by atoms with E-state index in [1.165, 1.54) is 12.3 Å². The Morgan fingerprint density at radius 1 is 1.43 bits per heavy atom. The lowest BCUT2D eigenvalue weighted by molar-refractivity contribution is -0.122. The first-order valence-corrected chi connectivity index (χ1v) is 7.51. The maximum absolute atomic E-state index is 12.1. The maximum atomic E-state index is 12.1. The number of carbonyl (C=O) groups is 2. The number of nitrogens with zero attached hydrogens (tertiary/aromatic N) is 3. The molecule has 0 heterocycles. The predicted octanol–water partition coefficient (Wildman–Crippen LogP) is 3.03. The van der Waals surface area contributed by atoms with E-state index in [4.69, 9.17) is 10.3 Å². The third kappa shape index (κ3) is 11.8. The van der Waals surface area contributed by atoms with Crippen LogP contribution in [-0.2, 0) is 9.53 Å². The second-order valence-electron chi connectivity index (χ2n) is 5.22. The molecule has 8 nitrogen and oxygen atoms in total. The van der Waals surface area contributed by atoms with Gasteiger partial charge in [0.25, 0.3) is 0 Å². The fourth-order valence-corrected chi connectivity index (χ4v) is 1.67. The van der Waals surface area contributed by atoms with Crippen LogP contribution in [0, 0.1) is 5.92 Å². The average molecular weight is 323 g/mol. The van der Waals surface area contributed by atoms with Crippen molar-refractivity contribution in [3.63, 3.8) is 0 Å². The summed E-state index contributed by atoms with van der Waals surface area (Å²) in [5, 5.41) is 8.58. The Morgan fingerprint density at radius 3 is 2.78 bits per heavy atom. The molecule has 0 aliphatic rings. The Morgan fingerprint density at radius 2 is 2.17 bits per heavy atom. The van der Waals surface area contributed by atoms with Gasteiger partial charge in [-0.15, -0.1) is 0 Å². The van der Waals surface area contributed by atoms with Gasteiger partial charge in [-0.3, -0.25) is 4.79 Å². The molecule has 0 aliphatic carbocycles. The molecule has 23 heavy (non-hydrogen) atoms. The quantitative estimate of drug-likeness (QED) is 0.200. The van der Waals surface area contributed by atoms with Crippen LogP contribution in [0.25, 0.3) is 10.4 Å². The molecule has 128 valence electrons. The number of rotatable bonds is 11. The van der Waals surface area contributed by atoms with E-state index in [2.05, 4.69) is 27.2 Å². The lowest BCUT2D eigenvalue weighted by Crippen LogP contribution is -2.46. The summed E-state index contributed by atoms with van der Waals surface area (Å²) in [6.07, 6.45) is 6.00. The summed E-state index contributed by atoms with van der Waals surface area (Å²) >= 11 is 0. The van der Waals surface area contributed by atoms with Crippen molar-refractivity contribution in [2.45, 2.75) is 39.2 Å². The van der Waals surface area contributed by atoms with Gasteiger partial charge in [-0.05, 0) is 36.9 Å². The molecule has 0 aromatic heterocycles. The van der Waals surface area contributed by atoms with E-state index in [9.17, 15) is 9.59 Å². The molecule has 0 saturated carbocycles. The highest BCUT2D eigenvalue weighted by Gasteiger charge is 2.21. The SMILES string of the molecule is C=CCOC(=O)N[C@H](CC(C)C)C(=O)N/C=C/CCCN=[N+]=[N-]. The topological polar surface area (TPSA) is 116 Å². The Balaban J connectivity index is 4.33. The van der Waals surface area contributed by atoms with E-state index >= 15 is 0 Å². The van der Waals surface area contributed by atoms with Crippen molar-refractivity contribution in [1.29, 1.82) is 0 Å². The molecule has 0 aromatic rings. The molecular weight excluding hydrogens is 298 g/mol. The number of hydrogen-bond donors (Lipinski definition) is 2. The molecule has 0 aromatic carbocycles. The van der Waals surface area contributed by atoms with Crippen molar-refractivity contribution in [3.8, 4) is 0 Å². The molecule has 8 heteroatoms. The normalized spacial score (nSPS) is 11.6. The van der Waals surface area contributed by atoms with E-state index in [1.54, 1.807) is 6.08 Å². The van der Waals surface area contributed by atoms with Crippen LogP contribution in [0.3, 0.4) is 0 Å². The number of hydrogen-bond acceptors (Lipinski definition) is 4. The minimum Gasteiger partial charge on any atom is -0.445 e. The van der Waals surface area contributed by atoms with Crippen molar-refractivity contribution >= 4 is 12.0 Å². The summed E-state index contributed by atoms with van der Waals surface area (Å²) in [6.45, 7) is 7.88. The first-order valence-electron chi connectivity index (χ1n) is 7.51. The first kappa shape index (κ1) is 20.5. The third-order valence-electron chi connectivity index (χ3n) is 2.68. The molecule has 0 saturated heterocycles. The predicted molar refractivity (Wildman–Crippen MR) is 88.5 cm³/mol. The summed E-state index contributed by atoms with van der Waals surface area (Å²) in [4.78, 5) is 26.3. The van der Waals surface area contributed by atoms with Crippen LogP contribution in [0.15, 0.2) is 30.0 Å². The van der Waals surface area contributed by atoms with Crippen LogP contribution in [0.1, 0.15) is 33.1 Å². The van der Waals surface area contributed by atoms with E-state index in [1.807, 2.05) is 13.8 Å². The lowest BCUT2D eigenvalue weighted by Gasteiger charge is -2.18. The minimum absolute atomic E-state index is 0.0902. The molecule has 0 fully saturated rings. The van der Waals surface area contributed by atoms with Crippen molar-refractivity contribution in [2.24, 2.45) is 11.0 Å². The monoisotopic (exact) mass is 323 g/mol. The molecular formula is C15H25N5O3. The van der Waals surface area contributed by atoms with Gasteiger partial charge in [-0.25, -0.2) is 4.79 Å². The van der Waals surface area contributed by atoms with Gasteiger partial charge in [0.15, 0.2) is 0 Å². The second kappa shape index (κ2) is 13.2. The first-order chi connectivity index (χ1) is 11.0. The van der Waals surface area contributed by atoms with Crippen LogP contribution in [-0.4, -0.2) is 31.2 Å². The van der Waals surface area contributed by atoms with Crippen molar-refractivity contribution in [1.82, 2.24) is 10.6 Å². The number of allylic oxidation sites excluding steroid dienone is 1. The molecule has 0 rings (SSSR count). The molecule has 0 spiro atoms. The molecule has 1 atom stereocenters. The largest absolute Gasteiger partial charge is 0.445 e. The maximum Gasteiger partial charge on any atom is 0.408 e. The summed E-state index contributed by atoms with van der Waals surface area (Å²) in [6, 6.07) is -0.667. The van der Waals surface area contributed by atoms with Gasteiger partial charge in [-0.1, -0.05) is 37.7 Å². The molecule has 0 radical (unpaired) electrons. The summed E-state index contributed by atoms with van der Waals surface area (Å²) in [5.41, 5.74) is 8.13. The third-order valence-corrected chi connectivity index (χ3v) is 2.68. The molecule has 2 N–H and O–H groups in total. The number of unbranched alkanes of at least 4 members (excludes halogenated alkanes) is 1. The second-order valence-corrected chi connectivity index (χ2v) is 5.22. The average Bonchev–Trinajstić information content (AvgIpc) is 2.50. The van der Waals surface area contributed by atoms with Crippen LogP contribution in [0.2, 0.25) is 0 Å². The van der Waals surface area contributed by atoms with E-state index in [-0.39, 0.29) is 18.4 Å². The number of azide groups is 1. The number of amides is 2. The molecule has 0 unspecified atom stereocenters. The molecule has 0 aliphatic heterocycles. The minimum atomic E-state index is -0.667. The molecule has 0 bridgehead atoms. The summed E-state index contributed by atoms with van der Waals surface area (Å²) in [5.74, 6) is -0.0705. The fourth-order valence-electron chi connectivity index (χ4n) is 1.67. The van der Waals surface area contributed by atoms with Gasteiger partial charge >= 0.3 is 6.09 Å². The summed E-state index contributed by atoms with van der Waals surface area (Å²) < 4.78 is 4.83. The van der Waals surface area contributed by atoms with Gasteiger partial charge < -0.3 is 15.4 Å². The van der Waals surface area contributed by atoms with Crippen molar-refractivity contribution < 1.29 is 14.3 Å². The Hall–Kier alpha value is -2.47. The highest BCUT2D eigenvalue weighted by Crippen LogP contribution is 2.05. The zero-order valence-electron chi connectivity index (χ0n) is 13.7. The van der Waals surface area contributed by atoms with Crippen LogP contribution < -0.4 is 10.6 Å². The van der Waals surface area contributed by atoms with Gasteiger partial charge in [0.2, 0.25) is 5.91 Å². The van der Waals surface area contributed by atoms with Gasteiger partial charge in [0.1, 0.15) is 12.6 Å². The number of ether oxygens (including phenoxy) is 1. The zero-order valence-corrected chi connectivity index (χ0v) is 13.7. The lowest BCUT2D eigenvalue weighted by atomic mass is 10.0.